The molecule has 0 bridgehead atoms. The molecule has 0 aromatic carbocycles. The van der Waals surface area contributed by atoms with E-state index in [1.165, 1.54) is 38.5 Å². The second kappa shape index (κ2) is 19.7. The normalized spacial score (nSPS) is 15.6. The van der Waals surface area contributed by atoms with Crippen molar-refractivity contribution in [3.05, 3.63) is 0 Å². The fourth-order valence-corrected chi connectivity index (χ4v) is 4.29. The zero-order valence-corrected chi connectivity index (χ0v) is 23.5. The van der Waals surface area contributed by atoms with Crippen molar-refractivity contribution in [2.45, 2.75) is 116 Å². The number of likely N-dealkylation sites (N-methyl/N-ethyl adjacent to an activating group) is 1. The van der Waals surface area contributed by atoms with Crippen molar-refractivity contribution in [3.8, 4) is 0 Å². The first-order valence-corrected chi connectivity index (χ1v) is 14.8. The van der Waals surface area contributed by atoms with Gasteiger partial charge in [0.2, 0.25) is 5.91 Å². The molecule has 0 fully saturated rings. The van der Waals surface area contributed by atoms with E-state index in [0.717, 1.165) is 38.5 Å². The van der Waals surface area contributed by atoms with Gasteiger partial charge >= 0.3 is 0 Å². The van der Waals surface area contributed by atoms with Gasteiger partial charge in [-0.1, -0.05) is 84.5 Å². The molecule has 9 heteroatoms. The van der Waals surface area contributed by atoms with Crippen LogP contribution in [0.1, 0.15) is 104 Å². The van der Waals surface area contributed by atoms with E-state index < -0.39 is 20.0 Å². The highest BCUT2D eigenvalue weighted by molar-refractivity contribution is 7.45. The Labute approximate surface area is 209 Å². The van der Waals surface area contributed by atoms with Gasteiger partial charge in [0.15, 0.2) is 0 Å². The van der Waals surface area contributed by atoms with Crippen molar-refractivity contribution in [2.75, 3.05) is 40.9 Å². The minimum absolute atomic E-state index is 0.0135. The highest BCUT2D eigenvalue weighted by Gasteiger charge is 2.24. The van der Waals surface area contributed by atoms with Gasteiger partial charge in [-0.05, 0) is 12.8 Å². The molecule has 0 saturated heterocycles. The summed E-state index contributed by atoms with van der Waals surface area (Å²) in [6, 6.07) is -0.785. The largest absolute Gasteiger partial charge is 0.756 e. The van der Waals surface area contributed by atoms with Crippen molar-refractivity contribution in [3.63, 3.8) is 0 Å². The first-order valence-electron chi connectivity index (χ1n) is 13.4. The predicted octanol–water partition coefficient (Wildman–Crippen LogP) is 4.54. The number of unbranched alkanes of at least 4 members (excludes halogenated alkanes) is 10. The molecule has 3 atom stereocenters. The van der Waals surface area contributed by atoms with E-state index in [2.05, 4.69) is 19.2 Å². The average molecular weight is 509 g/mol. The first kappa shape index (κ1) is 33.5. The van der Waals surface area contributed by atoms with Gasteiger partial charge in [-0.2, -0.15) is 0 Å². The van der Waals surface area contributed by atoms with Gasteiger partial charge < -0.3 is 28.8 Å². The van der Waals surface area contributed by atoms with Crippen LogP contribution in [0.3, 0.4) is 0 Å². The van der Waals surface area contributed by atoms with Gasteiger partial charge in [0.25, 0.3) is 7.82 Å². The molecular weight excluding hydrogens is 455 g/mol. The van der Waals surface area contributed by atoms with Crippen LogP contribution in [0.4, 0.5) is 0 Å². The Morgan fingerprint density at radius 2 is 1.44 bits per heavy atom. The molecule has 0 heterocycles. The van der Waals surface area contributed by atoms with Crippen LogP contribution in [0.15, 0.2) is 0 Å². The van der Waals surface area contributed by atoms with Gasteiger partial charge in [-0.15, -0.1) is 0 Å². The lowest BCUT2D eigenvalue weighted by molar-refractivity contribution is -0.870. The Bertz CT molecular complexity index is 556. The number of hydrogen-bond acceptors (Lipinski definition) is 6. The molecule has 34 heavy (non-hydrogen) atoms. The van der Waals surface area contributed by atoms with Crippen molar-refractivity contribution < 1.29 is 32.9 Å². The Kier molecular flexibility index (Phi) is 19.4. The lowest BCUT2D eigenvalue weighted by Gasteiger charge is -2.30. The van der Waals surface area contributed by atoms with Gasteiger partial charge in [-0.3, -0.25) is 9.36 Å². The highest BCUT2D eigenvalue weighted by Crippen LogP contribution is 2.38. The summed E-state index contributed by atoms with van der Waals surface area (Å²) in [5, 5.41) is 13.5. The van der Waals surface area contributed by atoms with Crippen molar-refractivity contribution in [1.29, 1.82) is 0 Å². The molecule has 1 amide bonds. The summed E-state index contributed by atoms with van der Waals surface area (Å²) >= 11 is 0. The van der Waals surface area contributed by atoms with Crippen LogP contribution in [-0.4, -0.2) is 68.5 Å². The van der Waals surface area contributed by atoms with E-state index in [9.17, 15) is 19.4 Å². The number of nitrogens with one attached hydrogen (secondary N) is 1. The van der Waals surface area contributed by atoms with Crippen LogP contribution in [-0.2, 0) is 18.4 Å². The van der Waals surface area contributed by atoms with Crippen LogP contribution in [0, 0.1) is 0 Å². The van der Waals surface area contributed by atoms with Crippen LogP contribution < -0.4 is 10.2 Å². The molecule has 0 aliphatic heterocycles. The number of quaternary nitrogens is 1. The lowest BCUT2D eigenvalue weighted by atomic mass is 10.0. The quantitative estimate of drug-likeness (QED) is 0.119. The van der Waals surface area contributed by atoms with Crippen LogP contribution in [0.2, 0.25) is 0 Å². The Balaban J connectivity index is 4.66. The third-order valence-corrected chi connectivity index (χ3v) is 6.81. The van der Waals surface area contributed by atoms with E-state index in [-0.39, 0.29) is 19.1 Å². The molecule has 0 spiro atoms. The van der Waals surface area contributed by atoms with Crippen LogP contribution >= 0.6 is 7.82 Å². The minimum Gasteiger partial charge on any atom is -0.756 e. The summed E-state index contributed by atoms with van der Waals surface area (Å²) in [7, 11) is 1.30. The zero-order chi connectivity index (χ0) is 25.9. The van der Waals surface area contributed by atoms with Gasteiger partial charge in [0.05, 0.1) is 39.9 Å². The van der Waals surface area contributed by atoms with Crippen molar-refractivity contribution >= 4 is 13.7 Å². The molecule has 0 aliphatic rings. The fourth-order valence-electron chi connectivity index (χ4n) is 3.56. The molecule has 204 valence electrons. The number of carbonyl (C=O) groups is 1. The second-order valence-corrected chi connectivity index (χ2v) is 11.8. The van der Waals surface area contributed by atoms with E-state index >= 15 is 0 Å². The Morgan fingerprint density at radius 1 is 0.912 bits per heavy atom. The Hall–Kier alpha value is -0.500. The number of nitrogens with zero attached hydrogens (tertiary/aromatic N) is 1. The Morgan fingerprint density at radius 3 is 2.00 bits per heavy atom. The highest BCUT2D eigenvalue weighted by atomic mass is 31.2. The molecule has 0 saturated carbocycles. The second-order valence-electron chi connectivity index (χ2n) is 10.4. The number of aliphatic hydroxyl groups is 1. The SMILES string of the molecule is CCCCCCCCC(=O)NC(COP(=O)([O-])OCC[N+](C)(C)C)C(O)CCCCCCCC. The molecule has 3 unspecified atom stereocenters. The summed E-state index contributed by atoms with van der Waals surface area (Å²) in [4.78, 5) is 24.6. The third kappa shape index (κ3) is 20.8. The maximum atomic E-state index is 12.4. The standard InChI is InChI=1S/C25H53N2O6P/c1-6-8-10-12-14-16-18-24(28)23(26-25(29)19-17-15-13-11-9-7-2)22-33-34(30,31)32-21-20-27(3,4)5/h23-24,28H,6-22H2,1-5H3,(H-,26,29,30,31). The maximum absolute atomic E-state index is 12.4. The average Bonchev–Trinajstić information content (AvgIpc) is 2.74. The molecule has 0 aromatic heterocycles. The molecule has 0 radical (unpaired) electrons. The molecule has 0 rings (SSSR count). The van der Waals surface area contributed by atoms with E-state index in [0.29, 0.717) is 23.9 Å². The summed E-state index contributed by atoms with van der Waals surface area (Å²) in [5.41, 5.74) is 0. The number of phosphoric acid groups is 1. The third-order valence-electron chi connectivity index (χ3n) is 5.85. The van der Waals surface area contributed by atoms with Gasteiger partial charge in [0.1, 0.15) is 13.2 Å². The molecular formula is C25H53N2O6P. The summed E-state index contributed by atoms with van der Waals surface area (Å²) in [6.45, 7) is 4.53. The van der Waals surface area contributed by atoms with Crippen molar-refractivity contribution in [2.24, 2.45) is 0 Å². The smallest absolute Gasteiger partial charge is 0.268 e. The molecule has 2 N–H and O–H groups in total. The lowest BCUT2D eigenvalue weighted by Crippen LogP contribution is -2.46. The monoisotopic (exact) mass is 508 g/mol. The summed E-state index contributed by atoms with van der Waals surface area (Å²) in [5.74, 6) is -0.183. The number of rotatable bonds is 23. The topological polar surface area (TPSA) is 108 Å². The molecule has 0 aromatic rings. The van der Waals surface area contributed by atoms with Crippen LogP contribution in [0.5, 0.6) is 0 Å². The van der Waals surface area contributed by atoms with Crippen LogP contribution in [0.25, 0.3) is 0 Å². The number of phosphoric ester groups is 1. The molecule has 0 aliphatic carbocycles. The van der Waals surface area contributed by atoms with E-state index in [1.54, 1.807) is 0 Å². The van der Waals surface area contributed by atoms with Gasteiger partial charge in [-0.25, -0.2) is 0 Å². The fraction of sp³-hybridized carbons (Fsp3) is 0.960. The number of aliphatic hydroxyl groups excluding tert-OH is 1. The number of hydrogen-bond donors (Lipinski definition) is 2. The molecule has 8 nitrogen and oxygen atoms in total. The van der Waals surface area contributed by atoms with Crippen molar-refractivity contribution in [1.82, 2.24) is 5.32 Å². The van der Waals surface area contributed by atoms with Gasteiger partial charge in [0, 0.05) is 6.42 Å². The van der Waals surface area contributed by atoms with E-state index in [1.807, 2.05) is 21.1 Å². The zero-order valence-electron chi connectivity index (χ0n) is 22.6. The number of carbonyl (C=O) groups excluding carboxylic acids is 1. The minimum atomic E-state index is -4.52. The first-order chi connectivity index (χ1) is 16.0. The maximum Gasteiger partial charge on any atom is 0.268 e. The summed E-state index contributed by atoms with van der Waals surface area (Å²) < 4.78 is 22.7. The summed E-state index contributed by atoms with van der Waals surface area (Å²) in [6.07, 6.45) is 12.9. The number of amides is 1. The predicted molar refractivity (Wildman–Crippen MR) is 136 cm³/mol. The van der Waals surface area contributed by atoms with E-state index in [4.69, 9.17) is 9.05 Å².